The maximum atomic E-state index is 12.2. The molecule has 0 saturated carbocycles. The van der Waals surface area contributed by atoms with Crippen molar-refractivity contribution in [3.05, 3.63) is 52.5 Å². The predicted octanol–water partition coefficient (Wildman–Crippen LogP) is 3.92. The number of benzene rings is 2. The minimum absolute atomic E-state index is 0.224. The number of nitrogens with one attached hydrogen (secondary N) is 1. The van der Waals surface area contributed by atoms with E-state index >= 15 is 0 Å². The SMILES string of the molecule is COc1ccc(C(=O)Nc2cc(C)c(Cl)cc2OC)cc1. The second-order valence-electron chi connectivity index (χ2n) is 4.48. The number of amides is 1. The van der Waals surface area contributed by atoms with Gasteiger partial charge in [0.2, 0.25) is 0 Å². The maximum absolute atomic E-state index is 12.2. The zero-order valence-electron chi connectivity index (χ0n) is 12.1. The second-order valence-corrected chi connectivity index (χ2v) is 4.89. The van der Waals surface area contributed by atoms with Crippen LogP contribution in [0, 0.1) is 6.92 Å². The first kappa shape index (κ1) is 15.2. The number of hydrogen-bond acceptors (Lipinski definition) is 3. The predicted molar refractivity (Wildman–Crippen MR) is 83.7 cm³/mol. The molecule has 0 unspecified atom stereocenters. The molecule has 4 nitrogen and oxygen atoms in total. The monoisotopic (exact) mass is 305 g/mol. The zero-order valence-corrected chi connectivity index (χ0v) is 12.8. The first-order valence-corrected chi connectivity index (χ1v) is 6.72. The Hall–Kier alpha value is -2.20. The van der Waals surface area contributed by atoms with E-state index in [1.807, 2.05) is 6.92 Å². The fourth-order valence-electron chi connectivity index (χ4n) is 1.87. The van der Waals surface area contributed by atoms with Crippen LogP contribution in [0.25, 0.3) is 0 Å². The molecule has 0 aliphatic heterocycles. The summed E-state index contributed by atoms with van der Waals surface area (Å²) in [6.07, 6.45) is 0. The minimum atomic E-state index is -0.224. The molecule has 1 amide bonds. The van der Waals surface area contributed by atoms with Crippen LogP contribution in [-0.4, -0.2) is 20.1 Å². The van der Waals surface area contributed by atoms with Gasteiger partial charge in [0, 0.05) is 16.7 Å². The van der Waals surface area contributed by atoms with Crippen molar-refractivity contribution in [1.82, 2.24) is 0 Å². The molecular formula is C16H16ClNO3. The molecule has 0 fully saturated rings. The van der Waals surface area contributed by atoms with Gasteiger partial charge in [0.25, 0.3) is 5.91 Å². The molecule has 5 heteroatoms. The number of methoxy groups -OCH3 is 2. The van der Waals surface area contributed by atoms with Crippen LogP contribution in [0.3, 0.4) is 0 Å². The third kappa shape index (κ3) is 3.47. The van der Waals surface area contributed by atoms with Crippen molar-refractivity contribution in [3.8, 4) is 11.5 Å². The zero-order chi connectivity index (χ0) is 15.4. The molecular weight excluding hydrogens is 290 g/mol. The van der Waals surface area contributed by atoms with E-state index in [0.29, 0.717) is 27.8 Å². The van der Waals surface area contributed by atoms with Gasteiger partial charge in [0.15, 0.2) is 0 Å². The molecule has 0 aliphatic rings. The molecule has 1 N–H and O–H groups in total. The second kappa shape index (κ2) is 6.50. The standard InChI is InChI=1S/C16H16ClNO3/c1-10-8-14(15(21-3)9-13(10)17)18-16(19)11-4-6-12(20-2)7-5-11/h4-9H,1-3H3,(H,18,19). The summed E-state index contributed by atoms with van der Waals surface area (Å²) in [6, 6.07) is 10.3. The van der Waals surface area contributed by atoms with Crippen molar-refractivity contribution in [3.63, 3.8) is 0 Å². The summed E-state index contributed by atoms with van der Waals surface area (Å²) in [5.41, 5.74) is 1.98. The highest BCUT2D eigenvalue weighted by atomic mass is 35.5. The van der Waals surface area contributed by atoms with Gasteiger partial charge in [0.1, 0.15) is 11.5 Å². The van der Waals surface area contributed by atoms with Crippen LogP contribution in [0.1, 0.15) is 15.9 Å². The minimum Gasteiger partial charge on any atom is -0.497 e. The third-order valence-corrected chi connectivity index (χ3v) is 3.49. The van der Waals surface area contributed by atoms with E-state index in [2.05, 4.69) is 5.32 Å². The number of rotatable bonds is 4. The van der Waals surface area contributed by atoms with Crippen molar-refractivity contribution < 1.29 is 14.3 Å². The van der Waals surface area contributed by atoms with Gasteiger partial charge in [-0.05, 0) is 42.8 Å². The Morgan fingerprint density at radius 3 is 2.33 bits per heavy atom. The average Bonchev–Trinajstić information content (AvgIpc) is 2.50. The largest absolute Gasteiger partial charge is 0.497 e. The van der Waals surface area contributed by atoms with Gasteiger partial charge < -0.3 is 14.8 Å². The number of anilines is 1. The Morgan fingerprint density at radius 2 is 1.76 bits per heavy atom. The molecule has 0 aromatic heterocycles. The number of aryl methyl sites for hydroxylation is 1. The lowest BCUT2D eigenvalue weighted by Gasteiger charge is -2.12. The molecule has 110 valence electrons. The van der Waals surface area contributed by atoms with Crippen LogP contribution in [0.5, 0.6) is 11.5 Å². The van der Waals surface area contributed by atoms with E-state index in [0.717, 1.165) is 5.56 Å². The van der Waals surface area contributed by atoms with Crippen molar-refractivity contribution in [1.29, 1.82) is 0 Å². The van der Waals surface area contributed by atoms with E-state index in [4.69, 9.17) is 21.1 Å². The molecule has 2 rings (SSSR count). The van der Waals surface area contributed by atoms with Crippen LogP contribution in [0.2, 0.25) is 5.02 Å². The van der Waals surface area contributed by atoms with E-state index in [-0.39, 0.29) is 5.91 Å². The number of hydrogen-bond donors (Lipinski definition) is 1. The summed E-state index contributed by atoms with van der Waals surface area (Å²) < 4.78 is 10.3. The Labute approximate surface area is 128 Å². The molecule has 2 aromatic rings. The van der Waals surface area contributed by atoms with E-state index in [9.17, 15) is 4.79 Å². The summed E-state index contributed by atoms with van der Waals surface area (Å²) in [5, 5.41) is 3.41. The Kier molecular flexibility index (Phi) is 4.70. The number of ether oxygens (including phenoxy) is 2. The van der Waals surface area contributed by atoms with E-state index in [1.165, 1.54) is 7.11 Å². The topological polar surface area (TPSA) is 47.6 Å². The van der Waals surface area contributed by atoms with Crippen molar-refractivity contribution in [2.75, 3.05) is 19.5 Å². The highest BCUT2D eigenvalue weighted by molar-refractivity contribution is 6.31. The first-order valence-electron chi connectivity index (χ1n) is 6.34. The van der Waals surface area contributed by atoms with Crippen molar-refractivity contribution >= 4 is 23.2 Å². The highest BCUT2D eigenvalue weighted by Gasteiger charge is 2.12. The van der Waals surface area contributed by atoms with Crippen LogP contribution < -0.4 is 14.8 Å². The normalized spacial score (nSPS) is 10.1. The maximum Gasteiger partial charge on any atom is 0.255 e. The van der Waals surface area contributed by atoms with Gasteiger partial charge in [-0.25, -0.2) is 0 Å². The molecule has 0 atom stereocenters. The molecule has 0 spiro atoms. The summed E-state index contributed by atoms with van der Waals surface area (Å²) in [7, 11) is 3.11. The molecule has 0 bridgehead atoms. The van der Waals surface area contributed by atoms with E-state index in [1.54, 1.807) is 43.5 Å². The van der Waals surface area contributed by atoms with Crippen LogP contribution in [-0.2, 0) is 0 Å². The lowest BCUT2D eigenvalue weighted by atomic mass is 10.1. The quantitative estimate of drug-likeness (QED) is 0.931. The Bertz CT molecular complexity index is 653. The lowest BCUT2D eigenvalue weighted by molar-refractivity contribution is 0.102. The summed E-state index contributed by atoms with van der Waals surface area (Å²) in [6.45, 7) is 1.87. The molecule has 0 radical (unpaired) electrons. The molecule has 0 heterocycles. The molecule has 2 aromatic carbocycles. The van der Waals surface area contributed by atoms with Gasteiger partial charge in [-0.2, -0.15) is 0 Å². The van der Waals surface area contributed by atoms with Gasteiger partial charge in [-0.3, -0.25) is 4.79 Å². The summed E-state index contributed by atoms with van der Waals surface area (Å²) in [5.74, 6) is 0.997. The molecule has 0 aliphatic carbocycles. The van der Waals surface area contributed by atoms with Gasteiger partial charge in [0.05, 0.1) is 19.9 Å². The smallest absolute Gasteiger partial charge is 0.255 e. The summed E-state index contributed by atoms with van der Waals surface area (Å²) in [4.78, 5) is 12.2. The Balaban J connectivity index is 2.24. The van der Waals surface area contributed by atoms with Crippen LogP contribution in [0.4, 0.5) is 5.69 Å². The van der Waals surface area contributed by atoms with Crippen LogP contribution >= 0.6 is 11.6 Å². The fraction of sp³-hybridized carbons (Fsp3) is 0.188. The molecule has 21 heavy (non-hydrogen) atoms. The van der Waals surface area contributed by atoms with Gasteiger partial charge in [-0.15, -0.1) is 0 Å². The lowest BCUT2D eigenvalue weighted by Crippen LogP contribution is -2.12. The molecule has 0 saturated heterocycles. The van der Waals surface area contributed by atoms with Crippen molar-refractivity contribution in [2.24, 2.45) is 0 Å². The van der Waals surface area contributed by atoms with Crippen molar-refractivity contribution in [2.45, 2.75) is 6.92 Å². The van der Waals surface area contributed by atoms with Gasteiger partial charge in [-0.1, -0.05) is 11.6 Å². The number of halogens is 1. The fourth-order valence-corrected chi connectivity index (χ4v) is 2.02. The van der Waals surface area contributed by atoms with Crippen LogP contribution in [0.15, 0.2) is 36.4 Å². The van der Waals surface area contributed by atoms with Gasteiger partial charge >= 0.3 is 0 Å². The first-order chi connectivity index (χ1) is 10.0. The highest BCUT2D eigenvalue weighted by Crippen LogP contribution is 2.31. The number of carbonyl (C=O) groups is 1. The number of carbonyl (C=O) groups excluding carboxylic acids is 1. The third-order valence-electron chi connectivity index (χ3n) is 3.08. The summed E-state index contributed by atoms with van der Waals surface area (Å²) >= 11 is 6.04. The average molecular weight is 306 g/mol. The Morgan fingerprint density at radius 1 is 1.10 bits per heavy atom. The van der Waals surface area contributed by atoms with E-state index < -0.39 is 0 Å².